The SMILES string of the molecule is CCCCCCCCCCCCCCCC[N+]1(CC#CI)CCCCC1.Cc1ccc(S(=O)(=O)[O-])cc1. The predicted molar refractivity (Wildman–Crippen MR) is 165 cm³/mol. The highest BCUT2D eigenvalue weighted by Crippen LogP contribution is 2.21. The lowest BCUT2D eigenvalue weighted by Gasteiger charge is -2.40. The van der Waals surface area contributed by atoms with E-state index in [0.29, 0.717) is 0 Å². The smallest absolute Gasteiger partial charge is 0.141 e. The van der Waals surface area contributed by atoms with Gasteiger partial charge in [0.2, 0.25) is 0 Å². The first-order valence-electron chi connectivity index (χ1n) is 14.8. The van der Waals surface area contributed by atoms with Gasteiger partial charge in [0, 0.05) is 22.6 Å². The van der Waals surface area contributed by atoms with Crippen LogP contribution in [0.15, 0.2) is 29.2 Å². The molecule has 1 aliphatic heterocycles. The summed E-state index contributed by atoms with van der Waals surface area (Å²) in [6.45, 7) is 9.35. The fourth-order valence-electron chi connectivity index (χ4n) is 5.19. The summed E-state index contributed by atoms with van der Waals surface area (Å²) >= 11 is 2.20. The van der Waals surface area contributed by atoms with Crippen molar-refractivity contribution in [2.45, 2.75) is 128 Å². The zero-order valence-corrected chi connectivity index (χ0v) is 26.6. The monoisotopic (exact) mass is 645 g/mol. The third kappa shape index (κ3) is 17.6. The van der Waals surface area contributed by atoms with Gasteiger partial charge in [-0.05, 0) is 61.0 Å². The molecular weight excluding hydrogens is 593 g/mol. The molecule has 212 valence electrons. The molecule has 0 aromatic heterocycles. The summed E-state index contributed by atoms with van der Waals surface area (Å²) in [4.78, 5) is -0.178. The maximum atomic E-state index is 10.4. The molecule has 0 N–H and O–H groups in total. The van der Waals surface area contributed by atoms with E-state index < -0.39 is 10.1 Å². The van der Waals surface area contributed by atoms with Crippen LogP contribution in [0.3, 0.4) is 0 Å². The molecule has 37 heavy (non-hydrogen) atoms. The van der Waals surface area contributed by atoms with E-state index in [1.165, 1.54) is 145 Å². The van der Waals surface area contributed by atoms with Gasteiger partial charge < -0.3 is 9.04 Å². The quantitative estimate of drug-likeness (QED) is 0.0560. The van der Waals surface area contributed by atoms with Crippen LogP contribution in [0.5, 0.6) is 0 Å². The molecule has 0 aliphatic carbocycles. The number of unbranched alkanes of at least 4 members (excludes halogenated alkanes) is 13. The number of aryl methyl sites for hydroxylation is 1. The van der Waals surface area contributed by atoms with Gasteiger partial charge in [0.15, 0.2) is 0 Å². The zero-order valence-electron chi connectivity index (χ0n) is 23.6. The average molecular weight is 646 g/mol. The second-order valence-corrected chi connectivity index (χ2v) is 12.8. The van der Waals surface area contributed by atoms with E-state index in [-0.39, 0.29) is 4.90 Å². The molecular formula is C31H52INO3S. The summed E-state index contributed by atoms with van der Waals surface area (Å²) in [5.41, 5.74) is 0.928. The Bertz CT molecular complexity index is 853. The molecule has 1 aliphatic rings. The highest BCUT2D eigenvalue weighted by molar-refractivity contribution is 14.1. The van der Waals surface area contributed by atoms with E-state index in [1.807, 2.05) is 6.92 Å². The number of likely N-dealkylation sites (tertiary alicyclic amines) is 1. The Morgan fingerprint density at radius 2 is 1.24 bits per heavy atom. The highest BCUT2D eigenvalue weighted by atomic mass is 127. The summed E-state index contributed by atoms with van der Waals surface area (Å²) in [5, 5.41) is 0. The van der Waals surface area contributed by atoms with Crippen LogP contribution < -0.4 is 0 Å². The number of rotatable bonds is 17. The first-order chi connectivity index (χ1) is 17.8. The molecule has 0 amide bonds. The highest BCUT2D eigenvalue weighted by Gasteiger charge is 2.28. The van der Waals surface area contributed by atoms with Crippen LogP contribution in [0.1, 0.15) is 122 Å². The fourth-order valence-corrected chi connectivity index (χ4v) is 5.83. The molecule has 2 rings (SSSR count). The molecule has 1 heterocycles. The molecule has 1 fully saturated rings. The lowest BCUT2D eigenvalue weighted by atomic mass is 10.0. The minimum Gasteiger partial charge on any atom is -0.744 e. The van der Waals surface area contributed by atoms with Crippen molar-refractivity contribution in [1.82, 2.24) is 0 Å². The molecule has 4 nitrogen and oxygen atoms in total. The lowest BCUT2D eigenvalue weighted by molar-refractivity contribution is -0.926. The van der Waals surface area contributed by atoms with Gasteiger partial charge in [0.1, 0.15) is 16.7 Å². The predicted octanol–water partition coefficient (Wildman–Crippen LogP) is 8.76. The van der Waals surface area contributed by atoms with Crippen LogP contribution in [0.25, 0.3) is 0 Å². The number of nitrogens with zero attached hydrogens (tertiary/aromatic N) is 1. The Hall–Kier alpha value is -0.620. The van der Waals surface area contributed by atoms with Crippen LogP contribution >= 0.6 is 22.6 Å². The number of quaternary nitrogens is 1. The van der Waals surface area contributed by atoms with Crippen molar-refractivity contribution in [3.8, 4) is 9.85 Å². The lowest BCUT2D eigenvalue weighted by Crippen LogP contribution is -2.52. The third-order valence-electron chi connectivity index (χ3n) is 7.54. The largest absolute Gasteiger partial charge is 0.744 e. The van der Waals surface area contributed by atoms with E-state index in [2.05, 4.69) is 39.4 Å². The van der Waals surface area contributed by atoms with Crippen molar-refractivity contribution in [1.29, 1.82) is 0 Å². The normalized spacial score (nSPS) is 14.8. The van der Waals surface area contributed by atoms with Crippen LogP contribution in [-0.2, 0) is 10.1 Å². The second-order valence-electron chi connectivity index (χ2n) is 10.9. The molecule has 0 atom stereocenters. The Morgan fingerprint density at radius 1 is 0.784 bits per heavy atom. The molecule has 0 unspecified atom stereocenters. The van der Waals surface area contributed by atoms with Gasteiger partial charge in [-0.15, -0.1) is 0 Å². The first kappa shape index (κ1) is 34.4. The number of halogens is 1. The van der Waals surface area contributed by atoms with Gasteiger partial charge in [0.25, 0.3) is 0 Å². The van der Waals surface area contributed by atoms with E-state index >= 15 is 0 Å². The second kappa shape index (κ2) is 21.2. The number of hydrogen-bond donors (Lipinski definition) is 0. The summed E-state index contributed by atoms with van der Waals surface area (Å²) in [5.74, 6) is 3.37. The minimum atomic E-state index is -4.27. The Kier molecular flexibility index (Phi) is 19.7. The van der Waals surface area contributed by atoms with Gasteiger partial charge >= 0.3 is 0 Å². The zero-order chi connectivity index (χ0) is 27.2. The molecule has 0 saturated carbocycles. The molecule has 1 saturated heterocycles. The Morgan fingerprint density at radius 3 is 1.68 bits per heavy atom. The average Bonchev–Trinajstić information content (AvgIpc) is 2.88. The van der Waals surface area contributed by atoms with Crippen molar-refractivity contribution in [2.24, 2.45) is 0 Å². The van der Waals surface area contributed by atoms with Crippen LogP contribution in [-0.4, -0.2) is 43.6 Å². The molecule has 0 spiro atoms. The topological polar surface area (TPSA) is 57.2 Å². The molecule has 0 radical (unpaired) electrons. The number of hydrogen-bond acceptors (Lipinski definition) is 3. The van der Waals surface area contributed by atoms with Crippen molar-refractivity contribution < 1.29 is 17.5 Å². The summed E-state index contributed by atoms with van der Waals surface area (Å²) in [7, 11) is -4.27. The van der Waals surface area contributed by atoms with E-state index in [0.717, 1.165) is 12.1 Å². The van der Waals surface area contributed by atoms with Gasteiger partial charge in [0.05, 0.1) is 24.5 Å². The summed E-state index contributed by atoms with van der Waals surface area (Å²) in [6.07, 6.45) is 24.6. The third-order valence-corrected chi connectivity index (χ3v) is 8.77. The van der Waals surface area contributed by atoms with E-state index in [1.54, 1.807) is 12.1 Å². The number of benzene rings is 1. The van der Waals surface area contributed by atoms with E-state index in [9.17, 15) is 13.0 Å². The molecule has 0 bridgehead atoms. The number of piperidine rings is 1. The van der Waals surface area contributed by atoms with Gasteiger partial charge in [-0.2, -0.15) is 0 Å². The van der Waals surface area contributed by atoms with Gasteiger partial charge in [-0.3, -0.25) is 0 Å². The maximum absolute atomic E-state index is 10.4. The maximum Gasteiger partial charge on any atom is 0.141 e. The Labute approximate surface area is 242 Å². The van der Waals surface area contributed by atoms with Gasteiger partial charge in [-0.25, -0.2) is 8.42 Å². The molecule has 1 aromatic carbocycles. The van der Waals surface area contributed by atoms with Gasteiger partial charge in [-0.1, -0.05) is 102 Å². The van der Waals surface area contributed by atoms with E-state index in [4.69, 9.17) is 0 Å². The van der Waals surface area contributed by atoms with Crippen LogP contribution in [0, 0.1) is 16.8 Å². The van der Waals surface area contributed by atoms with Crippen molar-refractivity contribution >= 4 is 32.7 Å². The molecule has 6 heteroatoms. The minimum absolute atomic E-state index is 0.178. The molecule has 1 aromatic rings. The van der Waals surface area contributed by atoms with Crippen LogP contribution in [0.4, 0.5) is 0 Å². The fraction of sp³-hybridized carbons (Fsp3) is 0.742. The van der Waals surface area contributed by atoms with Crippen molar-refractivity contribution in [3.63, 3.8) is 0 Å². The summed E-state index contributed by atoms with van der Waals surface area (Å²) < 4.78 is 35.6. The standard InChI is InChI=1S/C24H45IN.C7H8O3S/c1-2-3-4-5-6-7-8-9-10-11-12-13-14-16-21-26(24-19-20-25)22-17-15-18-23-26;1-6-2-4-7(5-3-6)11(8,9)10/h2-18,21-24H2,1H3;2-5H,1H3,(H,8,9,10)/q+1;/p-1. The summed E-state index contributed by atoms with van der Waals surface area (Å²) in [6, 6.07) is 5.78. The van der Waals surface area contributed by atoms with Crippen molar-refractivity contribution in [2.75, 3.05) is 26.2 Å². The van der Waals surface area contributed by atoms with Crippen molar-refractivity contribution in [3.05, 3.63) is 29.8 Å². The first-order valence-corrected chi connectivity index (χ1v) is 17.3. The Balaban J connectivity index is 0.000000516. The van der Waals surface area contributed by atoms with Crippen LogP contribution in [0.2, 0.25) is 0 Å².